The quantitative estimate of drug-likeness (QED) is 0.292. The highest BCUT2D eigenvalue weighted by atomic mass is 35.5. The molecular formula is C13H28ClN3O. The molecule has 0 aliphatic rings. The Labute approximate surface area is 118 Å². The third-order valence-electron chi connectivity index (χ3n) is 2.79. The number of hydrogen-bond acceptors (Lipinski definition) is 2. The first-order valence-electron chi connectivity index (χ1n) is 6.24. The number of amides is 1. The van der Waals surface area contributed by atoms with E-state index in [9.17, 15) is 4.79 Å². The van der Waals surface area contributed by atoms with Gasteiger partial charge in [-0.25, -0.2) is 0 Å². The van der Waals surface area contributed by atoms with Gasteiger partial charge in [-0.05, 0) is 20.2 Å². The zero-order valence-corrected chi connectivity index (χ0v) is 13.0. The van der Waals surface area contributed by atoms with E-state index in [0.717, 1.165) is 30.5 Å². The molecule has 108 valence electrons. The molecule has 0 saturated carbocycles. The maximum absolute atomic E-state index is 10.9. The van der Waals surface area contributed by atoms with Crippen molar-refractivity contribution >= 4 is 5.91 Å². The number of carbonyl (C=O) groups is 1. The predicted molar refractivity (Wildman–Crippen MR) is 72.8 cm³/mol. The average Bonchev–Trinajstić information content (AvgIpc) is 2.23. The van der Waals surface area contributed by atoms with E-state index in [0.29, 0.717) is 0 Å². The van der Waals surface area contributed by atoms with Crippen LogP contribution >= 0.6 is 0 Å². The summed E-state index contributed by atoms with van der Waals surface area (Å²) >= 11 is 0. The Kier molecular flexibility index (Phi) is 11.4. The predicted octanol–water partition coefficient (Wildman–Crippen LogP) is -2.29. The Balaban J connectivity index is 0. The van der Waals surface area contributed by atoms with E-state index < -0.39 is 0 Å². The van der Waals surface area contributed by atoms with Crippen LogP contribution < -0.4 is 17.7 Å². The summed E-state index contributed by atoms with van der Waals surface area (Å²) in [7, 11) is 8.69. The molecule has 0 heterocycles. The summed E-state index contributed by atoms with van der Waals surface area (Å²) in [4.78, 5) is 13.2. The van der Waals surface area contributed by atoms with E-state index in [1.807, 2.05) is 0 Å². The van der Waals surface area contributed by atoms with Crippen molar-refractivity contribution < 1.29 is 21.7 Å². The molecule has 0 bridgehead atoms. The van der Waals surface area contributed by atoms with Gasteiger partial charge in [-0.2, -0.15) is 0 Å². The van der Waals surface area contributed by atoms with E-state index in [-0.39, 0.29) is 18.3 Å². The molecule has 4 nitrogen and oxygen atoms in total. The molecule has 0 aliphatic carbocycles. The van der Waals surface area contributed by atoms with Gasteiger partial charge < -0.3 is 27.1 Å². The zero-order valence-electron chi connectivity index (χ0n) is 12.2. The van der Waals surface area contributed by atoms with Crippen molar-refractivity contribution in [3.8, 4) is 0 Å². The fourth-order valence-electron chi connectivity index (χ4n) is 1.72. The third-order valence-corrected chi connectivity index (χ3v) is 2.79. The maximum atomic E-state index is 10.9. The lowest BCUT2D eigenvalue weighted by molar-refractivity contribution is -0.890. The van der Waals surface area contributed by atoms with E-state index in [1.54, 1.807) is 0 Å². The smallest absolute Gasteiger partial charge is 0.243 e. The van der Waals surface area contributed by atoms with Crippen LogP contribution in [0.2, 0.25) is 0 Å². The molecule has 1 amide bonds. The molecule has 1 N–H and O–H groups in total. The van der Waals surface area contributed by atoms with Crippen molar-refractivity contribution in [2.24, 2.45) is 0 Å². The monoisotopic (exact) mass is 277 g/mol. The van der Waals surface area contributed by atoms with Crippen LogP contribution in [-0.2, 0) is 4.79 Å². The van der Waals surface area contributed by atoms with E-state index in [4.69, 9.17) is 0 Å². The van der Waals surface area contributed by atoms with Crippen molar-refractivity contribution in [1.29, 1.82) is 0 Å². The fraction of sp³-hybridized carbons (Fsp3) is 0.769. The second-order valence-corrected chi connectivity index (χ2v) is 5.39. The summed E-state index contributed by atoms with van der Waals surface area (Å²) in [5, 5.41) is 2.80. The summed E-state index contributed by atoms with van der Waals surface area (Å²) in [6.07, 6.45) is 3.53. The molecule has 0 radical (unpaired) electrons. The Morgan fingerprint density at radius 2 is 1.83 bits per heavy atom. The molecule has 0 atom stereocenters. The van der Waals surface area contributed by atoms with Crippen LogP contribution in [0.1, 0.15) is 12.8 Å². The summed E-state index contributed by atoms with van der Waals surface area (Å²) in [6, 6.07) is 0. The van der Waals surface area contributed by atoms with Gasteiger partial charge >= 0.3 is 0 Å². The largest absolute Gasteiger partial charge is 1.00 e. The molecule has 0 unspecified atom stereocenters. The van der Waals surface area contributed by atoms with Gasteiger partial charge in [0.05, 0.1) is 27.2 Å². The summed E-state index contributed by atoms with van der Waals surface area (Å²) < 4.78 is 1.01. The van der Waals surface area contributed by atoms with Crippen molar-refractivity contribution in [3.05, 3.63) is 12.7 Å². The SMILES string of the molecule is C=CC(=O)NCCC[N+](C)(C)CCCN(C)C.[Cl-]. The first-order chi connectivity index (χ1) is 7.87. The lowest BCUT2D eigenvalue weighted by atomic mass is 10.3. The van der Waals surface area contributed by atoms with E-state index in [2.05, 4.69) is 45.0 Å². The van der Waals surface area contributed by atoms with Gasteiger partial charge in [0.2, 0.25) is 5.91 Å². The molecule has 5 heteroatoms. The van der Waals surface area contributed by atoms with Crippen molar-refractivity contribution in [1.82, 2.24) is 10.2 Å². The molecule has 0 aliphatic heterocycles. The Morgan fingerprint density at radius 1 is 1.28 bits per heavy atom. The van der Waals surface area contributed by atoms with Crippen LogP contribution in [0.5, 0.6) is 0 Å². The third kappa shape index (κ3) is 11.9. The maximum Gasteiger partial charge on any atom is 0.243 e. The Morgan fingerprint density at radius 3 is 2.33 bits per heavy atom. The minimum absolute atomic E-state index is 0. The minimum Gasteiger partial charge on any atom is -1.00 e. The van der Waals surface area contributed by atoms with Gasteiger partial charge in [0.1, 0.15) is 0 Å². The molecule has 0 spiro atoms. The van der Waals surface area contributed by atoms with Crippen LogP contribution in [0.15, 0.2) is 12.7 Å². The fourth-order valence-corrected chi connectivity index (χ4v) is 1.72. The molecule has 0 aromatic rings. The first kappa shape index (κ1) is 19.8. The molecular weight excluding hydrogens is 250 g/mol. The summed E-state index contributed by atoms with van der Waals surface area (Å²) in [6.45, 7) is 7.56. The highest BCUT2D eigenvalue weighted by Gasteiger charge is 2.13. The second-order valence-electron chi connectivity index (χ2n) is 5.39. The lowest BCUT2D eigenvalue weighted by Crippen LogP contribution is -3.00. The van der Waals surface area contributed by atoms with Gasteiger partial charge in [0.15, 0.2) is 0 Å². The van der Waals surface area contributed by atoms with Gasteiger partial charge in [-0.1, -0.05) is 6.58 Å². The molecule has 0 aromatic heterocycles. The Hall–Kier alpha value is -0.580. The number of nitrogens with zero attached hydrogens (tertiary/aromatic N) is 2. The van der Waals surface area contributed by atoms with Gasteiger partial charge in [-0.3, -0.25) is 4.79 Å². The average molecular weight is 278 g/mol. The standard InChI is InChI=1S/C13H27N3O.ClH/c1-6-13(17)14-9-7-11-16(4,5)12-8-10-15(2)3;/h6H,1,7-12H2,2-5H3;1H. The number of carbonyl (C=O) groups excluding carboxylic acids is 1. The van der Waals surface area contributed by atoms with Gasteiger partial charge in [-0.15, -0.1) is 0 Å². The number of quaternary nitrogens is 1. The van der Waals surface area contributed by atoms with Crippen molar-refractivity contribution in [2.45, 2.75) is 12.8 Å². The van der Waals surface area contributed by atoms with Crippen LogP contribution in [0.3, 0.4) is 0 Å². The molecule has 0 rings (SSSR count). The number of rotatable bonds is 9. The zero-order chi connectivity index (χ0) is 13.3. The normalized spacial score (nSPS) is 10.9. The molecule has 0 aromatic carbocycles. The highest BCUT2D eigenvalue weighted by Crippen LogP contribution is 2.01. The Bertz CT molecular complexity index is 242. The number of hydrogen-bond donors (Lipinski definition) is 1. The van der Waals surface area contributed by atoms with Gasteiger partial charge in [0, 0.05) is 25.9 Å². The highest BCUT2D eigenvalue weighted by molar-refractivity contribution is 5.86. The summed E-state index contributed by atoms with van der Waals surface area (Å²) in [5.41, 5.74) is 0. The minimum atomic E-state index is -0.0806. The van der Waals surface area contributed by atoms with E-state index in [1.165, 1.54) is 19.0 Å². The second kappa shape index (κ2) is 10.4. The summed E-state index contributed by atoms with van der Waals surface area (Å²) in [5.74, 6) is -0.0806. The molecule has 0 saturated heterocycles. The van der Waals surface area contributed by atoms with Crippen LogP contribution in [0, 0.1) is 0 Å². The van der Waals surface area contributed by atoms with Crippen LogP contribution in [-0.4, -0.2) is 69.7 Å². The van der Waals surface area contributed by atoms with Crippen LogP contribution in [0.4, 0.5) is 0 Å². The van der Waals surface area contributed by atoms with Crippen molar-refractivity contribution in [2.75, 3.05) is 54.4 Å². The number of nitrogens with one attached hydrogen (secondary N) is 1. The van der Waals surface area contributed by atoms with E-state index >= 15 is 0 Å². The molecule has 0 fully saturated rings. The lowest BCUT2D eigenvalue weighted by Gasteiger charge is -2.30. The topological polar surface area (TPSA) is 32.3 Å². The first-order valence-corrected chi connectivity index (χ1v) is 6.24. The number of halogens is 1. The molecule has 18 heavy (non-hydrogen) atoms. The van der Waals surface area contributed by atoms with Crippen LogP contribution in [0.25, 0.3) is 0 Å². The van der Waals surface area contributed by atoms with Crippen molar-refractivity contribution in [3.63, 3.8) is 0 Å². The van der Waals surface area contributed by atoms with Gasteiger partial charge in [0.25, 0.3) is 0 Å².